The molecule has 0 atom stereocenters. The van der Waals surface area contributed by atoms with Crippen molar-refractivity contribution >= 4 is 54.3 Å². The van der Waals surface area contributed by atoms with E-state index in [0.29, 0.717) is 33.5 Å². The minimum Gasteiger partial charge on any atom is -0.455 e. The van der Waals surface area contributed by atoms with Gasteiger partial charge >= 0.3 is 0 Å². The van der Waals surface area contributed by atoms with Gasteiger partial charge in [-0.2, -0.15) is 0 Å². The van der Waals surface area contributed by atoms with Gasteiger partial charge < -0.3 is 9.73 Å². The Kier molecular flexibility index (Phi) is 6.51. The Morgan fingerprint density at radius 3 is 2.51 bits per heavy atom. The summed E-state index contributed by atoms with van der Waals surface area (Å²) in [5.41, 5.74) is 3.65. The molecular formula is C29H22FN5O4S2. The lowest BCUT2D eigenvalue weighted by Gasteiger charge is -2.20. The van der Waals surface area contributed by atoms with Gasteiger partial charge in [-0.05, 0) is 54.6 Å². The maximum absolute atomic E-state index is 13.7. The molecule has 6 rings (SSSR count). The average molecular weight is 588 g/mol. The van der Waals surface area contributed by atoms with E-state index < -0.39 is 21.7 Å². The van der Waals surface area contributed by atoms with Crippen LogP contribution in [-0.4, -0.2) is 49.6 Å². The number of fused-ring (bicyclic) bond motifs is 2. The number of anilines is 1. The average Bonchev–Trinajstić information content (AvgIpc) is 3.57. The van der Waals surface area contributed by atoms with Crippen LogP contribution in [0.25, 0.3) is 54.5 Å². The van der Waals surface area contributed by atoms with Gasteiger partial charge in [-0.1, -0.05) is 0 Å². The number of benzene rings is 2. The molecule has 0 spiro atoms. The monoisotopic (exact) mass is 587 g/mol. The summed E-state index contributed by atoms with van der Waals surface area (Å²) in [7, 11) is -0.754. The Morgan fingerprint density at radius 2 is 1.80 bits per heavy atom. The fraction of sp³-hybridized carbons (Fsp3) is 0.103. The van der Waals surface area contributed by atoms with E-state index in [1.807, 2.05) is 24.3 Å². The fourth-order valence-corrected chi connectivity index (χ4v) is 5.96. The van der Waals surface area contributed by atoms with Crippen molar-refractivity contribution in [3.63, 3.8) is 0 Å². The number of nitrogens with one attached hydrogen (secondary N) is 1. The lowest BCUT2D eigenvalue weighted by molar-refractivity contribution is 0.0964. The molecule has 6 aromatic rings. The second-order valence-corrected chi connectivity index (χ2v) is 12.3. The molecule has 0 aliphatic heterocycles. The summed E-state index contributed by atoms with van der Waals surface area (Å²) >= 11 is 1.48. The zero-order chi connectivity index (χ0) is 28.9. The Balaban J connectivity index is 1.61. The number of sulfonamides is 1. The number of nitrogens with zero attached hydrogens (tertiary/aromatic N) is 4. The first kappa shape index (κ1) is 26.5. The Hall–Kier alpha value is -4.68. The van der Waals surface area contributed by atoms with Crippen LogP contribution in [0.1, 0.15) is 10.4 Å². The minimum absolute atomic E-state index is 0.230. The molecule has 0 unspecified atom stereocenters. The first-order chi connectivity index (χ1) is 19.6. The SMILES string of the molecule is CNC(=O)c1c(-c2ccc(F)cc2)oc2cc(N(C)S(C)(=O)=O)c(-c3cc(-c4nc5ncccc5s4)ccn3)cc12. The molecule has 206 valence electrons. The zero-order valence-electron chi connectivity index (χ0n) is 22.0. The van der Waals surface area contributed by atoms with E-state index >= 15 is 0 Å². The molecule has 0 bridgehead atoms. The molecule has 9 nitrogen and oxygen atoms in total. The van der Waals surface area contributed by atoms with Gasteiger partial charge in [0.2, 0.25) is 10.0 Å². The standard InChI is InChI=1S/C29H22FN5O4S2/c1-31-28(36)25-20-14-19(21-13-17(10-12-32-21)29-34-27-24(40-29)5-4-11-33-27)22(35(2)41(3,37)38)15-23(20)39-26(25)16-6-8-18(30)9-7-16/h4-15H,1-3H3,(H,31,36). The fourth-order valence-electron chi connectivity index (χ4n) is 4.53. The van der Waals surface area contributed by atoms with Crippen LogP contribution >= 0.6 is 11.3 Å². The van der Waals surface area contributed by atoms with Crippen molar-refractivity contribution in [2.24, 2.45) is 0 Å². The topological polar surface area (TPSA) is 118 Å². The van der Waals surface area contributed by atoms with Gasteiger partial charge in [0, 0.05) is 54.6 Å². The summed E-state index contributed by atoms with van der Waals surface area (Å²) in [6.45, 7) is 0. The third kappa shape index (κ3) is 4.81. The number of pyridine rings is 2. The third-order valence-electron chi connectivity index (χ3n) is 6.65. The van der Waals surface area contributed by atoms with Crippen molar-refractivity contribution in [1.82, 2.24) is 20.3 Å². The number of thiazole rings is 1. The molecule has 41 heavy (non-hydrogen) atoms. The van der Waals surface area contributed by atoms with Crippen LogP contribution in [0.3, 0.4) is 0 Å². The van der Waals surface area contributed by atoms with Crippen molar-refractivity contribution in [1.29, 1.82) is 0 Å². The summed E-state index contributed by atoms with van der Waals surface area (Å²) in [5, 5.41) is 3.81. The zero-order valence-corrected chi connectivity index (χ0v) is 23.7. The van der Waals surface area contributed by atoms with Gasteiger partial charge in [-0.15, -0.1) is 11.3 Å². The molecule has 0 fully saturated rings. The highest BCUT2D eigenvalue weighted by molar-refractivity contribution is 7.92. The van der Waals surface area contributed by atoms with Crippen molar-refractivity contribution in [2.75, 3.05) is 24.7 Å². The van der Waals surface area contributed by atoms with Crippen LogP contribution in [0, 0.1) is 5.82 Å². The van der Waals surface area contributed by atoms with E-state index in [2.05, 4.69) is 20.3 Å². The van der Waals surface area contributed by atoms with E-state index in [9.17, 15) is 17.6 Å². The molecule has 0 aliphatic rings. The highest BCUT2D eigenvalue weighted by Crippen LogP contribution is 2.41. The molecule has 12 heteroatoms. The van der Waals surface area contributed by atoms with E-state index in [0.717, 1.165) is 25.8 Å². The van der Waals surface area contributed by atoms with Gasteiger partial charge in [0.05, 0.1) is 27.9 Å². The number of hydrogen-bond acceptors (Lipinski definition) is 8. The van der Waals surface area contributed by atoms with Gasteiger partial charge in [0.25, 0.3) is 5.91 Å². The molecule has 1 N–H and O–H groups in total. The van der Waals surface area contributed by atoms with Gasteiger partial charge in [0.1, 0.15) is 22.2 Å². The van der Waals surface area contributed by atoms with Gasteiger partial charge in [-0.3, -0.25) is 14.1 Å². The number of halogens is 1. The van der Waals surface area contributed by atoms with Crippen molar-refractivity contribution < 1.29 is 22.0 Å². The predicted octanol–water partition coefficient (Wildman–Crippen LogP) is 5.73. The van der Waals surface area contributed by atoms with E-state index in [1.165, 1.54) is 49.7 Å². The molecular weight excluding hydrogens is 565 g/mol. The lowest BCUT2D eigenvalue weighted by Crippen LogP contribution is -2.25. The van der Waals surface area contributed by atoms with Gasteiger partial charge in [0.15, 0.2) is 5.65 Å². The summed E-state index contributed by atoms with van der Waals surface area (Å²) < 4.78 is 47.2. The highest BCUT2D eigenvalue weighted by atomic mass is 32.2. The Morgan fingerprint density at radius 1 is 1.02 bits per heavy atom. The van der Waals surface area contributed by atoms with Crippen LogP contribution in [-0.2, 0) is 10.0 Å². The molecule has 0 saturated carbocycles. The molecule has 0 saturated heterocycles. The van der Waals surface area contributed by atoms with Crippen LogP contribution < -0.4 is 9.62 Å². The highest BCUT2D eigenvalue weighted by Gasteiger charge is 2.26. The number of amides is 1. The van der Waals surface area contributed by atoms with Crippen LogP contribution in [0.4, 0.5) is 10.1 Å². The summed E-state index contributed by atoms with van der Waals surface area (Å²) in [6.07, 6.45) is 4.40. The number of rotatable bonds is 6. The van der Waals surface area contributed by atoms with Crippen LogP contribution in [0.5, 0.6) is 0 Å². The first-order valence-electron chi connectivity index (χ1n) is 12.3. The number of furan rings is 1. The van der Waals surface area contributed by atoms with Crippen molar-refractivity contribution in [2.45, 2.75) is 0 Å². The second-order valence-electron chi connectivity index (χ2n) is 9.26. The van der Waals surface area contributed by atoms with Crippen molar-refractivity contribution in [3.8, 4) is 33.2 Å². The van der Waals surface area contributed by atoms with Crippen molar-refractivity contribution in [3.05, 3.63) is 84.4 Å². The van der Waals surface area contributed by atoms with Crippen LogP contribution in [0.2, 0.25) is 0 Å². The maximum Gasteiger partial charge on any atom is 0.255 e. The second kappa shape index (κ2) is 10.1. The quantitative estimate of drug-likeness (QED) is 0.264. The van der Waals surface area contributed by atoms with Gasteiger partial charge in [-0.25, -0.2) is 22.8 Å². The summed E-state index contributed by atoms with van der Waals surface area (Å²) in [5.74, 6) is -0.615. The smallest absolute Gasteiger partial charge is 0.255 e. The first-order valence-corrected chi connectivity index (χ1v) is 15.0. The predicted molar refractivity (Wildman–Crippen MR) is 158 cm³/mol. The molecule has 2 aromatic carbocycles. The summed E-state index contributed by atoms with van der Waals surface area (Å²) in [4.78, 5) is 26.6. The maximum atomic E-state index is 13.7. The normalized spacial score (nSPS) is 11.7. The third-order valence-corrected chi connectivity index (χ3v) is 8.90. The molecule has 0 aliphatic carbocycles. The van der Waals surface area contributed by atoms with E-state index in [1.54, 1.807) is 24.5 Å². The lowest BCUT2D eigenvalue weighted by atomic mass is 10.00. The number of carbonyl (C=O) groups excluding carboxylic acids is 1. The Bertz CT molecular complexity index is 2040. The van der Waals surface area contributed by atoms with E-state index in [-0.39, 0.29) is 16.9 Å². The molecule has 4 heterocycles. The van der Waals surface area contributed by atoms with Crippen LogP contribution in [0.15, 0.2) is 77.5 Å². The van der Waals surface area contributed by atoms with E-state index in [4.69, 9.17) is 4.42 Å². The molecule has 4 aromatic heterocycles. The number of carbonyl (C=O) groups is 1. The number of aromatic nitrogens is 3. The molecule has 1 amide bonds. The summed E-state index contributed by atoms with van der Waals surface area (Å²) in [6, 6.07) is 16.3. The molecule has 0 radical (unpaired) electrons. The number of hydrogen-bond donors (Lipinski definition) is 1. The minimum atomic E-state index is -3.69. The largest absolute Gasteiger partial charge is 0.455 e. The Labute approximate surface area is 238 Å².